The first-order valence-corrected chi connectivity index (χ1v) is 8.12. The van der Waals surface area contributed by atoms with Gasteiger partial charge in [0.25, 0.3) is 0 Å². The number of benzene rings is 1. The van der Waals surface area contributed by atoms with Gasteiger partial charge in [-0.1, -0.05) is 18.2 Å². The number of amides is 1. The van der Waals surface area contributed by atoms with E-state index in [0.717, 1.165) is 25.1 Å². The summed E-state index contributed by atoms with van der Waals surface area (Å²) in [6.45, 7) is 1.18. The van der Waals surface area contributed by atoms with Gasteiger partial charge in [-0.05, 0) is 37.3 Å². The van der Waals surface area contributed by atoms with Crippen LogP contribution in [-0.2, 0) is 11.2 Å². The van der Waals surface area contributed by atoms with Crippen molar-refractivity contribution in [1.29, 1.82) is 0 Å². The van der Waals surface area contributed by atoms with Crippen molar-refractivity contribution in [3.8, 4) is 0 Å². The molecule has 2 aliphatic rings. The van der Waals surface area contributed by atoms with E-state index in [1.807, 2.05) is 29.2 Å². The smallest absolute Gasteiger partial charge is 0.362 e. The molecular weight excluding hydrogens is 305 g/mol. The number of hydrogen-bond donors (Lipinski definition) is 0. The zero-order valence-electron chi connectivity index (χ0n) is 13.0. The lowest BCUT2D eigenvalue weighted by Crippen LogP contribution is -2.48. The monoisotopic (exact) mass is 326 g/mol. The number of nitrogens with zero attached hydrogens (tertiary/aromatic N) is 2. The maximum absolute atomic E-state index is 12.9. The molecular formula is C17H21F3N2O. The van der Waals surface area contributed by atoms with Crippen molar-refractivity contribution in [1.82, 2.24) is 4.90 Å². The largest absolute Gasteiger partial charge is 0.393 e. The molecule has 1 atom stereocenters. The highest BCUT2D eigenvalue weighted by Gasteiger charge is 2.42. The van der Waals surface area contributed by atoms with Gasteiger partial charge in [0.05, 0.1) is 12.5 Å². The van der Waals surface area contributed by atoms with E-state index in [1.54, 1.807) is 0 Å². The summed E-state index contributed by atoms with van der Waals surface area (Å²) in [5, 5.41) is 0. The van der Waals surface area contributed by atoms with Crippen molar-refractivity contribution >= 4 is 11.6 Å². The van der Waals surface area contributed by atoms with E-state index in [4.69, 9.17) is 0 Å². The molecule has 0 aromatic heterocycles. The summed E-state index contributed by atoms with van der Waals surface area (Å²) in [6, 6.07) is 7.94. The maximum atomic E-state index is 12.9. The minimum absolute atomic E-state index is 0.125. The van der Waals surface area contributed by atoms with Crippen LogP contribution in [0.15, 0.2) is 24.3 Å². The molecule has 0 spiro atoms. The lowest BCUT2D eigenvalue weighted by Gasteiger charge is -2.36. The fourth-order valence-electron chi connectivity index (χ4n) is 3.51. The predicted molar refractivity (Wildman–Crippen MR) is 82.3 cm³/mol. The Morgan fingerprint density at radius 2 is 1.96 bits per heavy atom. The highest BCUT2D eigenvalue weighted by Crippen LogP contribution is 2.33. The zero-order chi connectivity index (χ0) is 16.4. The van der Waals surface area contributed by atoms with Crippen molar-refractivity contribution in [2.75, 3.05) is 31.1 Å². The maximum Gasteiger partial charge on any atom is 0.393 e. The Kier molecular flexibility index (Phi) is 4.50. The number of alkyl halides is 3. The van der Waals surface area contributed by atoms with Crippen molar-refractivity contribution < 1.29 is 18.0 Å². The lowest BCUT2D eigenvalue weighted by atomic mass is 9.97. The van der Waals surface area contributed by atoms with Crippen LogP contribution < -0.4 is 4.90 Å². The molecule has 0 radical (unpaired) electrons. The average Bonchev–Trinajstić information content (AvgIpc) is 2.54. The van der Waals surface area contributed by atoms with Gasteiger partial charge >= 0.3 is 6.18 Å². The molecule has 0 bridgehead atoms. The first-order chi connectivity index (χ1) is 10.9. The number of likely N-dealkylation sites (tertiary alicyclic amines) is 1. The third-order valence-electron chi connectivity index (χ3n) is 4.77. The Bertz CT molecular complexity index is 573. The molecule has 6 heteroatoms. The first kappa shape index (κ1) is 16.1. The minimum atomic E-state index is -4.21. The molecule has 126 valence electrons. The fraction of sp³-hybridized carbons (Fsp3) is 0.588. The van der Waals surface area contributed by atoms with Crippen LogP contribution in [0.2, 0.25) is 0 Å². The molecule has 3 rings (SSSR count). The van der Waals surface area contributed by atoms with Gasteiger partial charge in [-0.2, -0.15) is 13.2 Å². The number of para-hydroxylation sites is 1. The number of piperidine rings is 1. The van der Waals surface area contributed by atoms with Crippen molar-refractivity contribution in [3.05, 3.63) is 29.8 Å². The summed E-state index contributed by atoms with van der Waals surface area (Å²) in [4.78, 5) is 15.9. The normalized spacial score (nSPS) is 22.0. The summed E-state index contributed by atoms with van der Waals surface area (Å²) in [5.74, 6) is -1.58. The van der Waals surface area contributed by atoms with E-state index < -0.39 is 12.1 Å². The quantitative estimate of drug-likeness (QED) is 0.833. The number of fused-ring (bicyclic) bond motifs is 1. The predicted octanol–water partition coefficient (Wildman–Crippen LogP) is 3.24. The zero-order valence-corrected chi connectivity index (χ0v) is 13.0. The number of halogens is 3. The lowest BCUT2D eigenvalue weighted by molar-refractivity contribution is -0.187. The third kappa shape index (κ3) is 3.62. The van der Waals surface area contributed by atoms with Crippen LogP contribution >= 0.6 is 0 Å². The van der Waals surface area contributed by atoms with Crippen LogP contribution in [0.25, 0.3) is 0 Å². The second kappa shape index (κ2) is 6.42. The van der Waals surface area contributed by atoms with Gasteiger partial charge < -0.3 is 9.80 Å². The van der Waals surface area contributed by atoms with Gasteiger partial charge in [-0.25, -0.2) is 0 Å². The van der Waals surface area contributed by atoms with E-state index in [2.05, 4.69) is 0 Å². The van der Waals surface area contributed by atoms with Gasteiger partial charge in [0, 0.05) is 25.3 Å². The highest BCUT2D eigenvalue weighted by molar-refractivity contribution is 5.82. The van der Waals surface area contributed by atoms with E-state index in [1.165, 1.54) is 10.5 Å². The molecule has 1 aromatic rings. The van der Waals surface area contributed by atoms with E-state index in [0.29, 0.717) is 13.0 Å². The van der Waals surface area contributed by atoms with Crippen molar-refractivity contribution in [2.45, 2.75) is 31.9 Å². The molecule has 0 aliphatic carbocycles. The van der Waals surface area contributed by atoms with Gasteiger partial charge in [-0.15, -0.1) is 0 Å². The van der Waals surface area contributed by atoms with Crippen LogP contribution in [-0.4, -0.2) is 43.2 Å². The SMILES string of the molecule is O=C(CN1CCCc2ccccc21)N1CCCC(C(F)(F)F)C1. The molecule has 23 heavy (non-hydrogen) atoms. The third-order valence-corrected chi connectivity index (χ3v) is 4.77. The van der Waals surface area contributed by atoms with Crippen LogP contribution in [0.1, 0.15) is 24.8 Å². The number of carbonyl (C=O) groups is 1. The Hall–Kier alpha value is -1.72. The molecule has 3 nitrogen and oxygen atoms in total. The van der Waals surface area contributed by atoms with Gasteiger partial charge in [0.15, 0.2) is 0 Å². The highest BCUT2D eigenvalue weighted by atomic mass is 19.4. The van der Waals surface area contributed by atoms with Crippen LogP contribution in [0.4, 0.5) is 18.9 Å². The number of hydrogen-bond acceptors (Lipinski definition) is 2. The van der Waals surface area contributed by atoms with Crippen molar-refractivity contribution in [3.63, 3.8) is 0 Å². The van der Waals surface area contributed by atoms with Crippen molar-refractivity contribution in [2.24, 2.45) is 5.92 Å². The van der Waals surface area contributed by atoms with E-state index in [-0.39, 0.29) is 25.4 Å². The number of rotatable bonds is 2. The molecule has 1 amide bonds. The summed E-state index contributed by atoms with van der Waals surface area (Å²) in [5.41, 5.74) is 2.25. The van der Waals surface area contributed by atoms with Gasteiger partial charge in [0.1, 0.15) is 0 Å². The second-order valence-corrected chi connectivity index (χ2v) is 6.37. The summed E-state index contributed by atoms with van der Waals surface area (Å²) >= 11 is 0. The molecule has 1 fully saturated rings. The molecule has 0 N–H and O–H groups in total. The topological polar surface area (TPSA) is 23.6 Å². The van der Waals surface area contributed by atoms with Gasteiger partial charge in [0.2, 0.25) is 5.91 Å². The Morgan fingerprint density at radius 3 is 2.74 bits per heavy atom. The summed E-state index contributed by atoms with van der Waals surface area (Å²) < 4.78 is 38.7. The molecule has 1 unspecified atom stereocenters. The van der Waals surface area contributed by atoms with Crippen LogP contribution in [0, 0.1) is 5.92 Å². The van der Waals surface area contributed by atoms with E-state index >= 15 is 0 Å². The Morgan fingerprint density at radius 1 is 1.17 bits per heavy atom. The number of carbonyl (C=O) groups excluding carboxylic acids is 1. The number of aryl methyl sites for hydroxylation is 1. The Labute approximate surface area is 134 Å². The summed E-state index contributed by atoms with van der Waals surface area (Å²) in [6.07, 6.45) is -1.71. The Balaban J connectivity index is 1.66. The molecule has 1 saturated heterocycles. The second-order valence-electron chi connectivity index (χ2n) is 6.37. The van der Waals surface area contributed by atoms with E-state index in [9.17, 15) is 18.0 Å². The minimum Gasteiger partial charge on any atom is -0.362 e. The molecule has 1 aromatic carbocycles. The number of anilines is 1. The van der Waals surface area contributed by atoms with Gasteiger partial charge in [-0.3, -0.25) is 4.79 Å². The molecule has 2 aliphatic heterocycles. The molecule has 0 saturated carbocycles. The standard InChI is InChI=1S/C17H21F3N2O/c18-17(19,20)14-7-4-10-22(11-14)16(23)12-21-9-3-6-13-5-1-2-8-15(13)21/h1-2,5,8,14H,3-4,6-7,9-12H2. The average molecular weight is 326 g/mol. The fourth-order valence-corrected chi connectivity index (χ4v) is 3.51. The first-order valence-electron chi connectivity index (χ1n) is 8.12. The van der Waals surface area contributed by atoms with Crippen LogP contribution in [0.5, 0.6) is 0 Å². The summed E-state index contributed by atoms with van der Waals surface area (Å²) in [7, 11) is 0. The van der Waals surface area contributed by atoms with Crippen LogP contribution in [0.3, 0.4) is 0 Å². The molecule has 2 heterocycles.